The second kappa shape index (κ2) is 8.20. The predicted octanol–water partition coefficient (Wildman–Crippen LogP) is 6.01. The molecule has 1 heterocycles. The van der Waals surface area contributed by atoms with Crippen LogP contribution >= 0.6 is 11.6 Å². The van der Waals surface area contributed by atoms with E-state index in [4.69, 9.17) is 11.6 Å². The summed E-state index contributed by atoms with van der Waals surface area (Å²) in [6.07, 6.45) is 1.64. The van der Waals surface area contributed by atoms with Crippen molar-refractivity contribution in [3.05, 3.63) is 106 Å². The maximum Gasteiger partial charge on any atom is 0.230 e. The summed E-state index contributed by atoms with van der Waals surface area (Å²) in [5, 5.41) is 0.703. The fraction of sp³-hybridized carbons (Fsp3) is 0.240. The van der Waals surface area contributed by atoms with Crippen molar-refractivity contribution in [2.75, 3.05) is 6.54 Å². The maximum absolute atomic E-state index is 13.7. The van der Waals surface area contributed by atoms with Crippen molar-refractivity contribution in [2.45, 2.75) is 31.7 Å². The smallest absolute Gasteiger partial charge is 0.230 e. The first-order valence-electron chi connectivity index (χ1n) is 9.88. The SMILES string of the molecule is CC[C@@H](C(=O)N1CCc2ccccc2[C@H]1c1ccccc1Cl)c1ccccc1. The summed E-state index contributed by atoms with van der Waals surface area (Å²) >= 11 is 6.59. The fourth-order valence-electron chi connectivity index (χ4n) is 4.27. The lowest BCUT2D eigenvalue weighted by Gasteiger charge is -2.40. The molecule has 3 aromatic carbocycles. The van der Waals surface area contributed by atoms with Gasteiger partial charge in [0.05, 0.1) is 12.0 Å². The third kappa shape index (κ3) is 3.45. The Kier molecular flexibility index (Phi) is 5.50. The van der Waals surface area contributed by atoms with Crippen molar-refractivity contribution in [2.24, 2.45) is 0 Å². The molecular formula is C25H24ClNO. The highest BCUT2D eigenvalue weighted by Crippen LogP contribution is 2.40. The lowest BCUT2D eigenvalue weighted by atomic mass is 9.86. The number of halogens is 1. The van der Waals surface area contributed by atoms with Gasteiger partial charge in [0, 0.05) is 11.6 Å². The van der Waals surface area contributed by atoms with E-state index in [-0.39, 0.29) is 17.9 Å². The molecule has 0 saturated carbocycles. The molecule has 4 rings (SSSR count). The molecule has 0 N–H and O–H groups in total. The summed E-state index contributed by atoms with van der Waals surface area (Å²) in [6, 6.07) is 26.2. The van der Waals surface area contributed by atoms with Crippen LogP contribution in [0.1, 0.15) is 47.6 Å². The van der Waals surface area contributed by atoms with Gasteiger partial charge < -0.3 is 4.90 Å². The van der Waals surface area contributed by atoms with Crippen LogP contribution < -0.4 is 0 Å². The van der Waals surface area contributed by atoms with Gasteiger partial charge in [-0.25, -0.2) is 0 Å². The molecule has 0 saturated heterocycles. The Hall–Kier alpha value is -2.58. The molecule has 3 aromatic rings. The first kappa shape index (κ1) is 18.8. The highest BCUT2D eigenvalue weighted by Gasteiger charge is 2.35. The minimum absolute atomic E-state index is 0.142. The zero-order valence-electron chi connectivity index (χ0n) is 16.0. The van der Waals surface area contributed by atoms with Crippen molar-refractivity contribution in [3.63, 3.8) is 0 Å². The molecule has 1 aliphatic rings. The Morgan fingerprint density at radius 3 is 2.32 bits per heavy atom. The molecule has 2 nitrogen and oxygen atoms in total. The number of carbonyl (C=O) groups excluding carboxylic acids is 1. The maximum atomic E-state index is 13.7. The minimum Gasteiger partial charge on any atom is -0.331 e. The van der Waals surface area contributed by atoms with Gasteiger partial charge in [0.1, 0.15) is 0 Å². The van der Waals surface area contributed by atoms with E-state index in [9.17, 15) is 4.79 Å². The molecule has 0 aliphatic carbocycles. The van der Waals surface area contributed by atoms with Gasteiger partial charge in [-0.05, 0) is 41.2 Å². The van der Waals surface area contributed by atoms with Crippen molar-refractivity contribution in [3.8, 4) is 0 Å². The highest BCUT2D eigenvalue weighted by molar-refractivity contribution is 6.31. The Labute approximate surface area is 171 Å². The van der Waals surface area contributed by atoms with Crippen LogP contribution in [0.2, 0.25) is 5.02 Å². The van der Waals surface area contributed by atoms with Crippen molar-refractivity contribution >= 4 is 17.5 Å². The minimum atomic E-state index is -0.149. The van der Waals surface area contributed by atoms with E-state index in [1.165, 1.54) is 11.1 Å². The lowest BCUT2D eigenvalue weighted by molar-refractivity contribution is -0.135. The van der Waals surface area contributed by atoms with Crippen LogP contribution in [0, 0.1) is 0 Å². The molecule has 0 aromatic heterocycles. The molecule has 0 fully saturated rings. The Morgan fingerprint density at radius 2 is 1.61 bits per heavy atom. The topological polar surface area (TPSA) is 20.3 Å². The molecule has 1 aliphatic heterocycles. The Balaban J connectivity index is 1.79. The van der Waals surface area contributed by atoms with Crippen molar-refractivity contribution in [1.29, 1.82) is 0 Å². The molecule has 0 radical (unpaired) electrons. The zero-order valence-corrected chi connectivity index (χ0v) is 16.8. The van der Waals surface area contributed by atoms with Gasteiger partial charge in [-0.2, -0.15) is 0 Å². The van der Waals surface area contributed by atoms with Gasteiger partial charge in [-0.1, -0.05) is 91.3 Å². The van der Waals surface area contributed by atoms with E-state index in [2.05, 4.69) is 37.3 Å². The van der Waals surface area contributed by atoms with Crippen molar-refractivity contribution in [1.82, 2.24) is 4.90 Å². The van der Waals surface area contributed by atoms with E-state index in [0.29, 0.717) is 11.6 Å². The normalized spacial score (nSPS) is 17.1. The zero-order chi connectivity index (χ0) is 19.5. The van der Waals surface area contributed by atoms with Crippen LogP contribution in [0.15, 0.2) is 78.9 Å². The van der Waals surface area contributed by atoms with Crippen LogP contribution in [-0.2, 0) is 11.2 Å². The van der Waals surface area contributed by atoms with E-state index in [0.717, 1.165) is 24.0 Å². The number of rotatable bonds is 4. The molecular weight excluding hydrogens is 366 g/mol. The molecule has 0 bridgehead atoms. The summed E-state index contributed by atoms with van der Waals surface area (Å²) in [5.74, 6) is 0.0320. The lowest BCUT2D eigenvalue weighted by Crippen LogP contribution is -2.43. The molecule has 28 heavy (non-hydrogen) atoms. The molecule has 142 valence electrons. The number of hydrogen-bond donors (Lipinski definition) is 0. The fourth-order valence-corrected chi connectivity index (χ4v) is 4.51. The average Bonchev–Trinajstić information content (AvgIpc) is 2.74. The number of hydrogen-bond acceptors (Lipinski definition) is 1. The third-order valence-corrected chi connectivity index (χ3v) is 6.02. The number of nitrogens with zero attached hydrogens (tertiary/aromatic N) is 1. The predicted molar refractivity (Wildman–Crippen MR) is 115 cm³/mol. The summed E-state index contributed by atoms with van der Waals surface area (Å²) in [4.78, 5) is 15.7. The molecule has 3 heteroatoms. The summed E-state index contributed by atoms with van der Waals surface area (Å²) in [7, 11) is 0. The summed E-state index contributed by atoms with van der Waals surface area (Å²) in [5.41, 5.74) is 4.54. The van der Waals surface area contributed by atoms with Gasteiger partial charge in [-0.3, -0.25) is 4.79 Å². The monoisotopic (exact) mass is 389 g/mol. The number of amides is 1. The summed E-state index contributed by atoms with van der Waals surface area (Å²) < 4.78 is 0. The molecule has 2 atom stereocenters. The second-order valence-corrected chi connectivity index (χ2v) is 7.68. The van der Waals surface area contributed by atoms with Crippen LogP contribution in [0.3, 0.4) is 0 Å². The van der Waals surface area contributed by atoms with Gasteiger partial charge in [0.25, 0.3) is 0 Å². The van der Waals surface area contributed by atoms with Crippen LogP contribution in [-0.4, -0.2) is 17.4 Å². The van der Waals surface area contributed by atoms with E-state index in [1.807, 2.05) is 53.4 Å². The number of benzene rings is 3. The quantitative estimate of drug-likeness (QED) is 0.535. The largest absolute Gasteiger partial charge is 0.331 e. The Morgan fingerprint density at radius 1 is 0.964 bits per heavy atom. The van der Waals surface area contributed by atoms with Gasteiger partial charge in [-0.15, -0.1) is 0 Å². The molecule has 0 spiro atoms. The average molecular weight is 390 g/mol. The van der Waals surface area contributed by atoms with Gasteiger partial charge >= 0.3 is 0 Å². The first-order chi connectivity index (χ1) is 13.7. The third-order valence-electron chi connectivity index (χ3n) is 5.67. The standard InChI is InChI=1S/C25H24ClNO/c1-2-20(18-10-4-3-5-11-18)25(28)27-17-16-19-12-6-7-13-21(19)24(27)22-14-8-9-15-23(22)26/h3-15,20,24H,2,16-17H2,1H3/t20-,24+/m1/s1. The van der Waals surface area contributed by atoms with E-state index < -0.39 is 0 Å². The van der Waals surface area contributed by atoms with E-state index in [1.54, 1.807) is 0 Å². The summed E-state index contributed by atoms with van der Waals surface area (Å²) in [6.45, 7) is 2.78. The first-order valence-corrected chi connectivity index (χ1v) is 10.3. The van der Waals surface area contributed by atoms with Crippen molar-refractivity contribution < 1.29 is 4.79 Å². The van der Waals surface area contributed by atoms with Crippen LogP contribution in [0.25, 0.3) is 0 Å². The van der Waals surface area contributed by atoms with Crippen LogP contribution in [0.5, 0.6) is 0 Å². The number of fused-ring (bicyclic) bond motifs is 1. The van der Waals surface area contributed by atoms with Gasteiger partial charge in [0.2, 0.25) is 5.91 Å². The van der Waals surface area contributed by atoms with E-state index >= 15 is 0 Å². The second-order valence-electron chi connectivity index (χ2n) is 7.28. The Bertz CT molecular complexity index is 969. The van der Waals surface area contributed by atoms with Gasteiger partial charge in [0.15, 0.2) is 0 Å². The van der Waals surface area contributed by atoms with Crippen LogP contribution in [0.4, 0.5) is 0 Å². The number of carbonyl (C=O) groups is 1. The molecule has 0 unspecified atom stereocenters. The molecule has 1 amide bonds. The highest BCUT2D eigenvalue weighted by atomic mass is 35.5.